The van der Waals surface area contributed by atoms with Crippen molar-refractivity contribution in [2.75, 3.05) is 0 Å². The Bertz CT molecular complexity index is 709. The molecule has 3 rings (SSSR count). The lowest BCUT2D eigenvalue weighted by molar-refractivity contribution is 0.584. The Hall–Kier alpha value is -1.65. The summed E-state index contributed by atoms with van der Waals surface area (Å²) in [5.41, 5.74) is 1.72. The lowest BCUT2D eigenvalue weighted by atomic mass is 10.2. The van der Waals surface area contributed by atoms with Gasteiger partial charge in [0.1, 0.15) is 0 Å². The molecule has 0 fully saturated rings. The molecule has 1 heterocycles. The van der Waals surface area contributed by atoms with Crippen molar-refractivity contribution in [2.24, 2.45) is 0 Å². The lowest BCUT2D eigenvalue weighted by Gasteiger charge is -1.96. The fourth-order valence-corrected chi connectivity index (χ4v) is 2.20. The van der Waals surface area contributed by atoms with Gasteiger partial charge >= 0.3 is 0 Å². The van der Waals surface area contributed by atoms with E-state index in [1.807, 2.05) is 36.4 Å². The minimum Gasteiger partial charge on any atom is -0.416 e. The van der Waals surface area contributed by atoms with Crippen molar-refractivity contribution in [1.82, 2.24) is 10.2 Å². The summed E-state index contributed by atoms with van der Waals surface area (Å²) >= 11 is 9.26. The van der Waals surface area contributed by atoms with E-state index in [1.54, 1.807) is 12.1 Å². The number of aromatic nitrogens is 2. The molecule has 0 bridgehead atoms. The number of hydrogen-bond donors (Lipinski definition) is 0. The largest absolute Gasteiger partial charge is 0.416 e. The van der Waals surface area contributed by atoms with E-state index < -0.39 is 0 Å². The topological polar surface area (TPSA) is 38.9 Å². The van der Waals surface area contributed by atoms with Crippen LogP contribution in [0.3, 0.4) is 0 Å². The fraction of sp³-hybridized carbons (Fsp3) is 0. The zero-order valence-electron chi connectivity index (χ0n) is 9.68. The van der Waals surface area contributed by atoms with E-state index in [0.29, 0.717) is 16.8 Å². The van der Waals surface area contributed by atoms with Crippen molar-refractivity contribution in [3.8, 4) is 22.9 Å². The summed E-state index contributed by atoms with van der Waals surface area (Å²) in [5, 5.41) is 8.78. The van der Waals surface area contributed by atoms with Crippen LogP contribution in [0, 0.1) is 0 Å². The predicted octanol–water partition coefficient (Wildman–Crippen LogP) is 4.82. The number of benzene rings is 2. The number of nitrogens with zero attached hydrogens (tertiary/aromatic N) is 2. The second kappa shape index (κ2) is 5.15. The van der Waals surface area contributed by atoms with Gasteiger partial charge in [-0.1, -0.05) is 33.6 Å². The first kappa shape index (κ1) is 12.4. The Balaban J connectivity index is 1.97. The summed E-state index contributed by atoms with van der Waals surface area (Å²) in [6.45, 7) is 0. The molecule has 0 unspecified atom stereocenters. The van der Waals surface area contributed by atoms with Gasteiger partial charge in [-0.05, 0) is 42.5 Å². The molecule has 3 aromatic rings. The van der Waals surface area contributed by atoms with Gasteiger partial charge in [-0.25, -0.2) is 0 Å². The van der Waals surface area contributed by atoms with Crippen LogP contribution in [0.1, 0.15) is 0 Å². The molecule has 2 aromatic carbocycles. The van der Waals surface area contributed by atoms with Crippen LogP contribution in [-0.4, -0.2) is 10.2 Å². The zero-order chi connectivity index (χ0) is 13.2. The fourth-order valence-electron chi connectivity index (χ4n) is 1.67. The molecule has 0 spiro atoms. The lowest BCUT2D eigenvalue weighted by Crippen LogP contribution is -1.77. The van der Waals surface area contributed by atoms with E-state index in [1.165, 1.54) is 0 Å². The van der Waals surface area contributed by atoms with Crippen LogP contribution in [0.2, 0.25) is 5.02 Å². The van der Waals surface area contributed by atoms with Gasteiger partial charge in [-0.15, -0.1) is 10.2 Å². The Morgan fingerprint density at radius 3 is 2.26 bits per heavy atom. The van der Waals surface area contributed by atoms with E-state index in [0.717, 1.165) is 15.6 Å². The second-order valence-corrected chi connectivity index (χ2v) is 5.28. The monoisotopic (exact) mass is 334 g/mol. The van der Waals surface area contributed by atoms with Crippen molar-refractivity contribution in [3.63, 3.8) is 0 Å². The Kier molecular flexibility index (Phi) is 3.36. The quantitative estimate of drug-likeness (QED) is 0.674. The van der Waals surface area contributed by atoms with Gasteiger partial charge in [0.15, 0.2) is 0 Å². The third kappa shape index (κ3) is 2.69. The van der Waals surface area contributed by atoms with Gasteiger partial charge in [0.05, 0.1) is 0 Å². The predicted molar refractivity (Wildman–Crippen MR) is 77.9 cm³/mol. The molecule has 1 aromatic heterocycles. The van der Waals surface area contributed by atoms with Crippen molar-refractivity contribution in [2.45, 2.75) is 0 Å². The maximum absolute atomic E-state index is 5.85. The highest BCUT2D eigenvalue weighted by molar-refractivity contribution is 9.10. The molecule has 0 aliphatic rings. The van der Waals surface area contributed by atoms with Crippen molar-refractivity contribution < 1.29 is 4.42 Å². The third-order valence-corrected chi connectivity index (χ3v) is 3.33. The molecule has 0 saturated heterocycles. The van der Waals surface area contributed by atoms with Crippen LogP contribution < -0.4 is 0 Å². The van der Waals surface area contributed by atoms with Crippen LogP contribution in [0.4, 0.5) is 0 Å². The maximum Gasteiger partial charge on any atom is 0.248 e. The van der Waals surface area contributed by atoms with Crippen molar-refractivity contribution >= 4 is 27.5 Å². The smallest absolute Gasteiger partial charge is 0.248 e. The van der Waals surface area contributed by atoms with Crippen LogP contribution in [0.5, 0.6) is 0 Å². The van der Waals surface area contributed by atoms with Gasteiger partial charge in [0, 0.05) is 20.6 Å². The normalized spacial score (nSPS) is 10.6. The summed E-state index contributed by atoms with van der Waals surface area (Å²) in [5.74, 6) is 0.970. The third-order valence-electron chi connectivity index (χ3n) is 2.59. The molecule has 0 atom stereocenters. The summed E-state index contributed by atoms with van der Waals surface area (Å²) in [6.07, 6.45) is 0. The zero-order valence-corrected chi connectivity index (χ0v) is 12.0. The SMILES string of the molecule is Clc1ccc(-c2nnc(-c3cccc(Br)c3)o2)cc1. The van der Waals surface area contributed by atoms with Crippen LogP contribution in [-0.2, 0) is 0 Å². The van der Waals surface area contributed by atoms with Gasteiger partial charge < -0.3 is 4.42 Å². The first-order valence-electron chi connectivity index (χ1n) is 5.58. The highest BCUT2D eigenvalue weighted by atomic mass is 79.9. The average molecular weight is 336 g/mol. The molecule has 3 nitrogen and oxygen atoms in total. The van der Waals surface area contributed by atoms with Crippen LogP contribution in [0.25, 0.3) is 22.9 Å². The molecule has 0 radical (unpaired) electrons. The number of hydrogen-bond acceptors (Lipinski definition) is 3. The van der Waals surface area contributed by atoms with Gasteiger partial charge in [-0.3, -0.25) is 0 Å². The van der Waals surface area contributed by atoms with Gasteiger partial charge in [0.2, 0.25) is 11.8 Å². The molecular weight excluding hydrogens is 328 g/mol. The van der Waals surface area contributed by atoms with E-state index in [2.05, 4.69) is 26.1 Å². The minimum absolute atomic E-state index is 0.478. The summed E-state index contributed by atoms with van der Waals surface area (Å²) in [7, 11) is 0. The van der Waals surface area contributed by atoms with Crippen LogP contribution in [0.15, 0.2) is 57.4 Å². The number of rotatable bonds is 2. The van der Waals surface area contributed by atoms with Gasteiger partial charge in [-0.2, -0.15) is 0 Å². The first-order valence-corrected chi connectivity index (χ1v) is 6.75. The molecule has 5 heteroatoms. The molecule has 94 valence electrons. The first-order chi connectivity index (χ1) is 9.22. The Morgan fingerprint density at radius 2 is 1.58 bits per heavy atom. The van der Waals surface area contributed by atoms with E-state index in [-0.39, 0.29) is 0 Å². The maximum atomic E-state index is 5.85. The summed E-state index contributed by atoms with van der Waals surface area (Å²) < 4.78 is 6.63. The van der Waals surface area contributed by atoms with Gasteiger partial charge in [0.25, 0.3) is 0 Å². The highest BCUT2D eigenvalue weighted by Gasteiger charge is 2.10. The molecular formula is C14H8BrClN2O. The standard InChI is InChI=1S/C14H8BrClN2O/c15-11-3-1-2-10(8-11)14-18-17-13(19-14)9-4-6-12(16)7-5-9/h1-8H. The van der Waals surface area contributed by atoms with E-state index in [4.69, 9.17) is 16.0 Å². The van der Waals surface area contributed by atoms with E-state index >= 15 is 0 Å². The minimum atomic E-state index is 0.478. The van der Waals surface area contributed by atoms with E-state index in [9.17, 15) is 0 Å². The molecule has 0 saturated carbocycles. The number of halogens is 2. The average Bonchev–Trinajstić information content (AvgIpc) is 2.89. The molecule has 0 aliphatic carbocycles. The van der Waals surface area contributed by atoms with Crippen molar-refractivity contribution in [3.05, 3.63) is 58.0 Å². The second-order valence-electron chi connectivity index (χ2n) is 3.93. The molecule has 0 amide bonds. The highest BCUT2D eigenvalue weighted by Crippen LogP contribution is 2.26. The summed E-state index contributed by atoms with van der Waals surface area (Å²) in [6, 6.07) is 15.0. The van der Waals surface area contributed by atoms with Crippen LogP contribution >= 0.6 is 27.5 Å². The van der Waals surface area contributed by atoms with Crippen molar-refractivity contribution in [1.29, 1.82) is 0 Å². The molecule has 0 aliphatic heterocycles. The summed E-state index contributed by atoms with van der Waals surface area (Å²) in [4.78, 5) is 0. The Morgan fingerprint density at radius 1 is 0.895 bits per heavy atom. The Labute approximate surface area is 123 Å². The molecule has 19 heavy (non-hydrogen) atoms. The molecule has 0 N–H and O–H groups in total.